The summed E-state index contributed by atoms with van der Waals surface area (Å²) in [7, 11) is 1.77. The molecule has 0 aliphatic carbocycles. The predicted octanol–water partition coefficient (Wildman–Crippen LogP) is 2.49. The van der Waals surface area contributed by atoms with E-state index in [0.717, 1.165) is 5.69 Å². The highest BCUT2D eigenvalue weighted by Crippen LogP contribution is 2.19. The van der Waals surface area contributed by atoms with Crippen LogP contribution in [0.15, 0.2) is 30.5 Å². The van der Waals surface area contributed by atoms with E-state index >= 15 is 0 Å². The van der Waals surface area contributed by atoms with Crippen LogP contribution in [0.4, 0.5) is 5.69 Å². The minimum Gasteiger partial charge on any atom is -0.478 e. The normalized spacial score (nSPS) is 10.7. The second kappa shape index (κ2) is 5.78. The number of carboxylic acid groups (broad SMARTS) is 1. The minimum absolute atomic E-state index is 0.140. The lowest BCUT2D eigenvalue weighted by Crippen LogP contribution is -2.14. The first kappa shape index (κ1) is 14.8. The Balaban J connectivity index is 2.20. The van der Waals surface area contributed by atoms with Gasteiger partial charge in [-0.25, -0.2) is 4.79 Å². The lowest BCUT2D eigenvalue weighted by Gasteiger charge is -2.07. The van der Waals surface area contributed by atoms with Crippen molar-refractivity contribution in [2.24, 2.45) is 7.05 Å². The summed E-state index contributed by atoms with van der Waals surface area (Å²) < 4.78 is 1.61. The molecule has 6 nitrogen and oxygen atoms in total. The molecule has 0 atom stereocenters. The largest absolute Gasteiger partial charge is 0.478 e. The Morgan fingerprint density at radius 3 is 2.38 bits per heavy atom. The fourth-order valence-corrected chi connectivity index (χ4v) is 2.00. The van der Waals surface area contributed by atoms with Crippen molar-refractivity contribution in [3.63, 3.8) is 0 Å². The van der Waals surface area contributed by atoms with Gasteiger partial charge in [-0.15, -0.1) is 0 Å². The monoisotopic (exact) mass is 287 g/mol. The number of benzene rings is 1. The van der Waals surface area contributed by atoms with Gasteiger partial charge >= 0.3 is 5.97 Å². The summed E-state index contributed by atoms with van der Waals surface area (Å²) in [6.45, 7) is 3.95. The Bertz CT molecular complexity index is 672. The van der Waals surface area contributed by atoms with Crippen LogP contribution in [0.1, 0.15) is 46.2 Å². The summed E-state index contributed by atoms with van der Waals surface area (Å²) in [4.78, 5) is 23.1. The van der Waals surface area contributed by atoms with Crippen molar-refractivity contribution in [1.29, 1.82) is 0 Å². The number of aromatic nitrogens is 2. The van der Waals surface area contributed by atoms with Crippen molar-refractivity contribution >= 4 is 17.6 Å². The van der Waals surface area contributed by atoms with Crippen LogP contribution < -0.4 is 5.32 Å². The molecule has 2 N–H and O–H groups in total. The van der Waals surface area contributed by atoms with Crippen molar-refractivity contribution < 1.29 is 14.7 Å². The molecule has 2 aromatic rings. The van der Waals surface area contributed by atoms with Gasteiger partial charge in [0, 0.05) is 18.9 Å². The van der Waals surface area contributed by atoms with E-state index in [1.165, 1.54) is 12.1 Å². The van der Waals surface area contributed by atoms with Crippen LogP contribution in [0.5, 0.6) is 0 Å². The first-order valence-electron chi connectivity index (χ1n) is 6.56. The number of carbonyl (C=O) groups excluding carboxylic acids is 1. The highest BCUT2D eigenvalue weighted by molar-refractivity contribution is 6.05. The summed E-state index contributed by atoms with van der Waals surface area (Å²) in [5.74, 6) is -1.11. The van der Waals surface area contributed by atoms with Crippen molar-refractivity contribution in [2.45, 2.75) is 19.8 Å². The van der Waals surface area contributed by atoms with E-state index in [-0.39, 0.29) is 17.4 Å². The van der Waals surface area contributed by atoms with Gasteiger partial charge in [0.2, 0.25) is 0 Å². The van der Waals surface area contributed by atoms with E-state index in [0.29, 0.717) is 11.3 Å². The molecule has 0 bridgehead atoms. The smallest absolute Gasteiger partial charge is 0.335 e. The lowest BCUT2D eigenvalue weighted by atomic mass is 10.1. The fraction of sp³-hybridized carbons (Fsp3) is 0.267. The Morgan fingerprint density at radius 1 is 1.24 bits per heavy atom. The van der Waals surface area contributed by atoms with Gasteiger partial charge in [-0.05, 0) is 30.2 Å². The zero-order valence-corrected chi connectivity index (χ0v) is 12.1. The minimum atomic E-state index is -0.998. The molecule has 0 aliphatic heterocycles. The molecule has 21 heavy (non-hydrogen) atoms. The number of aryl methyl sites for hydroxylation is 1. The van der Waals surface area contributed by atoms with E-state index < -0.39 is 5.97 Å². The van der Waals surface area contributed by atoms with Crippen LogP contribution in [0.25, 0.3) is 0 Å². The van der Waals surface area contributed by atoms with Crippen LogP contribution in [0.3, 0.4) is 0 Å². The van der Waals surface area contributed by atoms with Crippen molar-refractivity contribution in [1.82, 2.24) is 9.78 Å². The molecule has 6 heteroatoms. The van der Waals surface area contributed by atoms with Crippen LogP contribution in [-0.4, -0.2) is 26.8 Å². The van der Waals surface area contributed by atoms with Gasteiger partial charge in [-0.1, -0.05) is 13.8 Å². The third kappa shape index (κ3) is 3.28. The second-order valence-electron chi connectivity index (χ2n) is 5.09. The van der Waals surface area contributed by atoms with E-state index in [9.17, 15) is 9.59 Å². The Labute approximate surface area is 122 Å². The number of nitrogens with zero attached hydrogens (tertiary/aromatic N) is 2. The maximum Gasteiger partial charge on any atom is 0.335 e. The van der Waals surface area contributed by atoms with Crippen molar-refractivity contribution in [3.05, 3.63) is 47.3 Å². The van der Waals surface area contributed by atoms with Gasteiger partial charge < -0.3 is 10.4 Å². The molecule has 1 heterocycles. The molecule has 2 rings (SSSR count). The first-order valence-corrected chi connectivity index (χ1v) is 6.56. The molecule has 1 aromatic heterocycles. The van der Waals surface area contributed by atoms with Crippen LogP contribution in [-0.2, 0) is 7.05 Å². The standard InChI is InChI=1S/C15H17N3O3/c1-9(2)13-12(8-18(3)17-13)14(19)16-11-6-4-10(5-7-11)15(20)21/h4-9H,1-3H3,(H,16,19)(H,20,21). The molecule has 0 spiro atoms. The zero-order chi connectivity index (χ0) is 15.6. The number of carbonyl (C=O) groups is 2. The molecule has 1 aromatic carbocycles. The van der Waals surface area contributed by atoms with Crippen molar-refractivity contribution in [2.75, 3.05) is 5.32 Å². The summed E-state index contributed by atoms with van der Waals surface area (Å²) >= 11 is 0. The molecular weight excluding hydrogens is 270 g/mol. The van der Waals surface area contributed by atoms with Gasteiger partial charge in [0.05, 0.1) is 16.8 Å². The fourth-order valence-electron chi connectivity index (χ4n) is 2.00. The maximum absolute atomic E-state index is 12.3. The summed E-state index contributed by atoms with van der Waals surface area (Å²) in [5.41, 5.74) is 1.98. The molecular formula is C15H17N3O3. The highest BCUT2D eigenvalue weighted by atomic mass is 16.4. The number of amides is 1. The molecule has 0 unspecified atom stereocenters. The summed E-state index contributed by atoms with van der Waals surface area (Å²) in [6.07, 6.45) is 1.68. The number of carboxylic acids is 1. The van der Waals surface area contributed by atoms with Crippen LogP contribution >= 0.6 is 0 Å². The van der Waals surface area contributed by atoms with Gasteiger partial charge in [-0.3, -0.25) is 9.48 Å². The van der Waals surface area contributed by atoms with E-state index in [1.807, 2.05) is 13.8 Å². The predicted molar refractivity (Wildman–Crippen MR) is 78.7 cm³/mol. The highest BCUT2D eigenvalue weighted by Gasteiger charge is 2.18. The molecule has 0 saturated heterocycles. The second-order valence-corrected chi connectivity index (χ2v) is 5.09. The van der Waals surface area contributed by atoms with Gasteiger partial charge in [0.15, 0.2) is 0 Å². The summed E-state index contributed by atoms with van der Waals surface area (Å²) in [6, 6.07) is 6.02. The molecule has 0 radical (unpaired) electrons. The number of hydrogen-bond donors (Lipinski definition) is 2. The van der Waals surface area contributed by atoms with E-state index in [1.54, 1.807) is 30.1 Å². The maximum atomic E-state index is 12.3. The number of rotatable bonds is 4. The number of anilines is 1. The molecule has 110 valence electrons. The topological polar surface area (TPSA) is 84.2 Å². The van der Waals surface area contributed by atoms with E-state index in [2.05, 4.69) is 10.4 Å². The van der Waals surface area contributed by atoms with Crippen LogP contribution in [0, 0.1) is 0 Å². The molecule has 1 amide bonds. The van der Waals surface area contributed by atoms with Crippen LogP contribution in [0.2, 0.25) is 0 Å². The Kier molecular flexibility index (Phi) is 4.07. The van der Waals surface area contributed by atoms with Gasteiger partial charge in [0.1, 0.15) is 0 Å². The number of aromatic carboxylic acids is 1. The number of hydrogen-bond acceptors (Lipinski definition) is 3. The van der Waals surface area contributed by atoms with Gasteiger partial charge in [-0.2, -0.15) is 5.10 Å². The third-order valence-electron chi connectivity index (χ3n) is 3.04. The van der Waals surface area contributed by atoms with E-state index in [4.69, 9.17) is 5.11 Å². The Hall–Kier alpha value is -2.63. The summed E-state index contributed by atoms with van der Waals surface area (Å²) in [5, 5.41) is 15.9. The first-order chi connectivity index (χ1) is 9.88. The quantitative estimate of drug-likeness (QED) is 0.904. The van der Waals surface area contributed by atoms with Crippen molar-refractivity contribution in [3.8, 4) is 0 Å². The Morgan fingerprint density at radius 2 is 1.86 bits per heavy atom. The SMILES string of the molecule is CC(C)c1nn(C)cc1C(=O)Nc1ccc(C(=O)O)cc1. The average molecular weight is 287 g/mol. The zero-order valence-electron chi connectivity index (χ0n) is 12.1. The molecule has 0 fully saturated rings. The molecule has 0 saturated carbocycles. The molecule has 0 aliphatic rings. The van der Waals surface area contributed by atoms with Gasteiger partial charge in [0.25, 0.3) is 5.91 Å². The number of nitrogens with one attached hydrogen (secondary N) is 1. The lowest BCUT2D eigenvalue weighted by molar-refractivity contribution is 0.0696. The average Bonchev–Trinajstić information content (AvgIpc) is 2.82. The third-order valence-corrected chi connectivity index (χ3v) is 3.04.